The van der Waals surface area contributed by atoms with Gasteiger partial charge in [0.1, 0.15) is 5.57 Å². The van der Waals surface area contributed by atoms with Crippen LogP contribution >= 0.6 is 15.9 Å². The molecule has 9 nitrogen and oxygen atoms in total. The number of carbonyl (C=O) groups is 4. The van der Waals surface area contributed by atoms with E-state index in [0.29, 0.717) is 21.5 Å². The lowest BCUT2D eigenvalue weighted by Crippen LogP contribution is -2.54. The Morgan fingerprint density at radius 1 is 1.10 bits per heavy atom. The first-order chi connectivity index (χ1) is 14.3. The van der Waals surface area contributed by atoms with Crippen LogP contribution in [0.4, 0.5) is 10.5 Å². The van der Waals surface area contributed by atoms with Crippen molar-refractivity contribution in [2.75, 3.05) is 19.1 Å². The second kappa shape index (κ2) is 8.37. The predicted octanol–water partition coefficient (Wildman–Crippen LogP) is 2.83. The molecule has 0 bridgehead atoms. The number of rotatable bonds is 5. The van der Waals surface area contributed by atoms with Crippen molar-refractivity contribution in [3.8, 4) is 11.5 Å². The largest absolute Gasteiger partial charge is 0.493 e. The third kappa shape index (κ3) is 3.90. The highest BCUT2D eigenvalue weighted by Crippen LogP contribution is 2.37. The molecule has 1 saturated heterocycles. The minimum Gasteiger partial charge on any atom is -0.493 e. The third-order valence-electron chi connectivity index (χ3n) is 4.24. The zero-order valence-electron chi connectivity index (χ0n) is 15.8. The van der Waals surface area contributed by atoms with Gasteiger partial charge in [0.25, 0.3) is 11.8 Å². The Morgan fingerprint density at radius 2 is 1.77 bits per heavy atom. The number of methoxy groups -OCH3 is 2. The summed E-state index contributed by atoms with van der Waals surface area (Å²) in [6, 6.07) is 7.38. The van der Waals surface area contributed by atoms with Crippen LogP contribution in [0.25, 0.3) is 6.08 Å². The zero-order chi connectivity index (χ0) is 22.0. The molecule has 4 amide bonds. The molecule has 0 radical (unpaired) electrons. The van der Waals surface area contributed by atoms with E-state index in [1.165, 1.54) is 44.6 Å². The lowest BCUT2D eigenvalue weighted by atomic mass is 10.1. The molecule has 1 aliphatic rings. The van der Waals surface area contributed by atoms with Crippen molar-refractivity contribution < 1.29 is 33.8 Å². The van der Waals surface area contributed by atoms with Gasteiger partial charge in [-0.3, -0.25) is 14.9 Å². The van der Waals surface area contributed by atoms with Crippen LogP contribution in [0.15, 0.2) is 46.4 Å². The van der Waals surface area contributed by atoms with E-state index in [2.05, 4.69) is 21.2 Å². The number of amides is 4. The number of hydrogen-bond donors (Lipinski definition) is 2. The Morgan fingerprint density at radius 3 is 2.33 bits per heavy atom. The third-order valence-corrected chi connectivity index (χ3v) is 4.83. The molecular formula is C20H15BrN2O7. The number of nitrogens with one attached hydrogen (secondary N) is 1. The van der Waals surface area contributed by atoms with Crippen LogP contribution in [0, 0.1) is 0 Å². The highest BCUT2D eigenvalue weighted by molar-refractivity contribution is 9.10. The fourth-order valence-electron chi connectivity index (χ4n) is 2.83. The van der Waals surface area contributed by atoms with Gasteiger partial charge in [-0.1, -0.05) is 0 Å². The molecule has 154 valence electrons. The number of carboxylic acids is 1. The zero-order valence-corrected chi connectivity index (χ0v) is 17.3. The number of barbiturate groups is 1. The average Bonchev–Trinajstić information content (AvgIpc) is 2.70. The molecule has 2 aromatic carbocycles. The van der Waals surface area contributed by atoms with Crippen molar-refractivity contribution in [1.82, 2.24) is 5.32 Å². The van der Waals surface area contributed by atoms with Crippen LogP contribution in [0.3, 0.4) is 0 Å². The molecule has 3 rings (SSSR count). The molecule has 2 N–H and O–H groups in total. The molecule has 0 atom stereocenters. The summed E-state index contributed by atoms with van der Waals surface area (Å²) in [6.07, 6.45) is 1.31. The van der Waals surface area contributed by atoms with E-state index < -0.39 is 23.8 Å². The molecule has 1 aliphatic heterocycles. The summed E-state index contributed by atoms with van der Waals surface area (Å²) in [6.45, 7) is 0. The van der Waals surface area contributed by atoms with Crippen LogP contribution in [-0.4, -0.2) is 43.1 Å². The van der Waals surface area contributed by atoms with Crippen LogP contribution in [-0.2, 0) is 9.59 Å². The highest BCUT2D eigenvalue weighted by atomic mass is 79.9. The Labute approximate surface area is 179 Å². The summed E-state index contributed by atoms with van der Waals surface area (Å²) in [5.74, 6) is -2.04. The number of anilines is 1. The topological polar surface area (TPSA) is 122 Å². The van der Waals surface area contributed by atoms with Crippen molar-refractivity contribution in [3.63, 3.8) is 0 Å². The second-order valence-electron chi connectivity index (χ2n) is 6.05. The van der Waals surface area contributed by atoms with Gasteiger partial charge in [-0.05, 0) is 64.0 Å². The molecular weight excluding hydrogens is 460 g/mol. The highest BCUT2D eigenvalue weighted by Gasteiger charge is 2.37. The number of imide groups is 2. The van der Waals surface area contributed by atoms with E-state index >= 15 is 0 Å². The fourth-order valence-corrected chi connectivity index (χ4v) is 3.45. The quantitative estimate of drug-likeness (QED) is 0.504. The Balaban J connectivity index is 2.02. The SMILES string of the molecule is COc1cc(C=C2C(=O)NC(=O)N(c3ccc(C(=O)O)cc3)C2=O)cc(Br)c1OC. The molecule has 30 heavy (non-hydrogen) atoms. The molecule has 0 aromatic heterocycles. The first-order valence-electron chi connectivity index (χ1n) is 8.43. The van der Waals surface area contributed by atoms with E-state index in [0.717, 1.165) is 4.90 Å². The summed E-state index contributed by atoms with van der Waals surface area (Å²) < 4.78 is 11.0. The Hall–Kier alpha value is -3.66. The van der Waals surface area contributed by atoms with E-state index in [-0.39, 0.29) is 16.8 Å². The number of urea groups is 1. The monoisotopic (exact) mass is 474 g/mol. The van der Waals surface area contributed by atoms with Crippen molar-refractivity contribution in [3.05, 3.63) is 57.6 Å². The number of benzene rings is 2. The second-order valence-corrected chi connectivity index (χ2v) is 6.90. The van der Waals surface area contributed by atoms with E-state index in [4.69, 9.17) is 14.6 Å². The summed E-state index contributed by atoms with van der Waals surface area (Å²) in [7, 11) is 2.92. The minimum atomic E-state index is -1.15. The number of hydrogen-bond acceptors (Lipinski definition) is 6. The van der Waals surface area contributed by atoms with Crippen molar-refractivity contribution in [1.29, 1.82) is 0 Å². The molecule has 0 spiro atoms. The number of carboxylic acid groups (broad SMARTS) is 1. The van der Waals surface area contributed by atoms with E-state index in [1.54, 1.807) is 12.1 Å². The van der Waals surface area contributed by atoms with Gasteiger partial charge in [-0.15, -0.1) is 0 Å². The fraction of sp³-hybridized carbons (Fsp3) is 0.100. The molecule has 10 heteroatoms. The average molecular weight is 475 g/mol. The summed E-state index contributed by atoms with van der Waals surface area (Å²) in [5, 5.41) is 11.1. The lowest BCUT2D eigenvalue weighted by Gasteiger charge is -2.26. The first kappa shape index (κ1) is 21.1. The molecule has 0 aliphatic carbocycles. The summed E-state index contributed by atoms with van der Waals surface area (Å²) in [5.41, 5.74) is 0.282. The van der Waals surface area contributed by atoms with Crippen LogP contribution in [0.5, 0.6) is 11.5 Å². The number of carbonyl (C=O) groups excluding carboxylic acids is 3. The van der Waals surface area contributed by atoms with Crippen molar-refractivity contribution in [2.24, 2.45) is 0 Å². The Kier molecular flexibility index (Phi) is 5.88. The summed E-state index contributed by atoms with van der Waals surface area (Å²) in [4.78, 5) is 49.3. The van der Waals surface area contributed by atoms with Gasteiger partial charge in [0, 0.05) is 0 Å². The van der Waals surface area contributed by atoms with Crippen LogP contribution in [0.2, 0.25) is 0 Å². The first-order valence-corrected chi connectivity index (χ1v) is 9.22. The van der Waals surface area contributed by atoms with E-state index in [9.17, 15) is 19.2 Å². The van der Waals surface area contributed by atoms with Gasteiger partial charge in [0.15, 0.2) is 11.5 Å². The van der Waals surface area contributed by atoms with Gasteiger partial charge < -0.3 is 14.6 Å². The molecule has 1 fully saturated rings. The Bertz CT molecular complexity index is 1090. The molecule has 1 heterocycles. The number of nitrogens with zero attached hydrogens (tertiary/aromatic N) is 1. The predicted molar refractivity (Wildman–Crippen MR) is 110 cm³/mol. The van der Waals surface area contributed by atoms with Gasteiger partial charge in [-0.25, -0.2) is 14.5 Å². The van der Waals surface area contributed by atoms with Gasteiger partial charge in [0.05, 0.1) is 29.9 Å². The number of halogens is 1. The molecule has 0 saturated carbocycles. The van der Waals surface area contributed by atoms with Crippen molar-refractivity contribution >= 4 is 51.5 Å². The maximum absolute atomic E-state index is 12.9. The summed E-state index contributed by atoms with van der Waals surface area (Å²) >= 11 is 3.34. The molecule has 2 aromatic rings. The molecule has 0 unspecified atom stereocenters. The number of ether oxygens (including phenoxy) is 2. The van der Waals surface area contributed by atoms with Gasteiger partial charge in [-0.2, -0.15) is 0 Å². The van der Waals surface area contributed by atoms with Crippen LogP contribution in [0.1, 0.15) is 15.9 Å². The standard InChI is InChI=1S/C20H15BrN2O7/c1-29-15-9-10(8-14(21)16(15)30-2)7-13-17(24)22-20(28)23(18(13)25)12-5-3-11(4-6-12)19(26)27/h3-9H,1-2H3,(H,26,27)(H,22,24,28). The lowest BCUT2D eigenvalue weighted by molar-refractivity contribution is -0.122. The smallest absolute Gasteiger partial charge is 0.335 e. The maximum Gasteiger partial charge on any atom is 0.335 e. The normalized spacial score (nSPS) is 15.2. The van der Waals surface area contributed by atoms with Crippen molar-refractivity contribution in [2.45, 2.75) is 0 Å². The van der Waals surface area contributed by atoms with Gasteiger partial charge >= 0.3 is 12.0 Å². The number of aromatic carboxylic acids is 1. The van der Waals surface area contributed by atoms with Gasteiger partial charge in [0.2, 0.25) is 0 Å². The minimum absolute atomic E-state index is 0.00867. The van der Waals surface area contributed by atoms with Crippen LogP contribution < -0.4 is 19.7 Å². The maximum atomic E-state index is 12.9. The van der Waals surface area contributed by atoms with E-state index in [1.807, 2.05) is 0 Å².